The van der Waals surface area contributed by atoms with Gasteiger partial charge in [0.2, 0.25) is 4.80 Å². The molecule has 2 amide bonds. The molecule has 18 heavy (non-hydrogen) atoms. The number of benzene rings is 1. The van der Waals surface area contributed by atoms with E-state index in [-0.39, 0.29) is 6.03 Å². The van der Waals surface area contributed by atoms with Crippen molar-refractivity contribution in [2.24, 2.45) is 12.1 Å². The van der Waals surface area contributed by atoms with Crippen molar-refractivity contribution in [2.45, 2.75) is 18.9 Å². The molecule has 1 fully saturated rings. The van der Waals surface area contributed by atoms with Crippen LogP contribution in [0.2, 0.25) is 0 Å². The van der Waals surface area contributed by atoms with E-state index in [1.54, 1.807) is 11.3 Å². The van der Waals surface area contributed by atoms with Gasteiger partial charge in [-0.05, 0) is 25.0 Å². The van der Waals surface area contributed by atoms with Crippen molar-refractivity contribution in [3.8, 4) is 0 Å². The van der Waals surface area contributed by atoms with Gasteiger partial charge in [-0.15, -0.1) is 5.10 Å². The average molecular weight is 262 g/mol. The summed E-state index contributed by atoms with van der Waals surface area (Å²) in [7, 11) is 1.94. The Morgan fingerprint density at radius 3 is 2.94 bits per heavy atom. The van der Waals surface area contributed by atoms with Crippen molar-refractivity contribution < 1.29 is 4.79 Å². The molecule has 3 rings (SSSR count). The summed E-state index contributed by atoms with van der Waals surface area (Å²) in [5.74, 6) is 0. The number of carbonyl (C=O) groups is 1. The van der Waals surface area contributed by atoms with Crippen LogP contribution in [-0.2, 0) is 7.05 Å². The first-order valence-corrected chi connectivity index (χ1v) is 6.70. The molecule has 1 heterocycles. The number of aryl methyl sites for hydroxylation is 1. The summed E-state index contributed by atoms with van der Waals surface area (Å²) in [4.78, 5) is 12.3. The normalized spacial score (nSPS) is 15.9. The summed E-state index contributed by atoms with van der Waals surface area (Å²) in [5.41, 5.74) is 3.65. The Labute approximate surface area is 108 Å². The van der Waals surface area contributed by atoms with E-state index in [1.807, 2.05) is 35.9 Å². The number of carbonyl (C=O) groups excluding carboxylic acids is 1. The Kier molecular flexibility index (Phi) is 2.79. The SMILES string of the molecule is Cn1/c(=N\NC(=O)NC2CC2)sc2ccccc21. The summed E-state index contributed by atoms with van der Waals surface area (Å²) in [6, 6.07) is 8.19. The molecule has 5 nitrogen and oxygen atoms in total. The lowest BCUT2D eigenvalue weighted by Crippen LogP contribution is -2.35. The molecule has 2 N–H and O–H groups in total. The third-order valence-electron chi connectivity index (χ3n) is 2.88. The molecular formula is C12H14N4OS. The standard InChI is InChI=1S/C12H14N4OS/c1-16-9-4-2-3-5-10(9)18-12(16)15-14-11(17)13-8-6-7-8/h2-5,8H,6-7H2,1H3,(H2,13,14,17)/b15-12+. The van der Waals surface area contributed by atoms with Crippen LogP contribution in [-0.4, -0.2) is 16.6 Å². The molecule has 0 saturated heterocycles. The number of hydrogen-bond acceptors (Lipinski definition) is 3. The fourth-order valence-corrected chi connectivity index (χ4v) is 2.71. The van der Waals surface area contributed by atoms with E-state index in [0.717, 1.165) is 27.9 Å². The van der Waals surface area contributed by atoms with Gasteiger partial charge in [0.15, 0.2) is 0 Å². The van der Waals surface area contributed by atoms with E-state index in [9.17, 15) is 4.79 Å². The molecule has 0 bridgehead atoms. The number of rotatable bonds is 2. The minimum Gasteiger partial charge on any atom is -0.334 e. The highest BCUT2D eigenvalue weighted by atomic mass is 32.1. The highest BCUT2D eigenvalue weighted by Crippen LogP contribution is 2.18. The topological polar surface area (TPSA) is 58.4 Å². The van der Waals surface area contributed by atoms with Gasteiger partial charge in [-0.2, -0.15) is 0 Å². The van der Waals surface area contributed by atoms with E-state index >= 15 is 0 Å². The third-order valence-corrected chi connectivity index (χ3v) is 3.99. The van der Waals surface area contributed by atoms with Gasteiger partial charge in [-0.3, -0.25) is 0 Å². The Morgan fingerprint density at radius 2 is 2.22 bits per heavy atom. The van der Waals surface area contributed by atoms with Crippen LogP contribution in [0, 0.1) is 0 Å². The fraction of sp³-hybridized carbons (Fsp3) is 0.333. The van der Waals surface area contributed by atoms with Gasteiger partial charge in [0.1, 0.15) is 0 Å². The highest BCUT2D eigenvalue weighted by Gasteiger charge is 2.22. The lowest BCUT2D eigenvalue weighted by molar-refractivity contribution is 0.240. The number of fused-ring (bicyclic) bond motifs is 1. The van der Waals surface area contributed by atoms with Gasteiger partial charge in [-0.25, -0.2) is 10.2 Å². The van der Waals surface area contributed by atoms with Crippen LogP contribution in [0.3, 0.4) is 0 Å². The number of hydrogen-bond donors (Lipinski definition) is 2. The van der Waals surface area contributed by atoms with Gasteiger partial charge in [-0.1, -0.05) is 23.5 Å². The minimum atomic E-state index is -0.227. The van der Waals surface area contributed by atoms with E-state index < -0.39 is 0 Å². The number of thiazole rings is 1. The molecule has 94 valence electrons. The molecule has 0 spiro atoms. The number of nitrogens with one attached hydrogen (secondary N) is 2. The van der Waals surface area contributed by atoms with Gasteiger partial charge >= 0.3 is 6.03 Å². The molecule has 1 aromatic carbocycles. The van der Waals surface area contributed by atoms with Crippen LogP contribution in [0.25, 0.3) is 10.2 Å². The summed E-state index contributed by atoms with van der Waals surface area (Å²) in [6.07, 6.45) is 2.15. The minimum absolute atomic E-state index is 0.227. The molecule has 0 atom stereocenters. The fourth-order valence-electron chi connectivity index (χ4n) is 1.73. The lowest BCUT2D eigenvalue weighted by Gasteiger charge is -2.00. The third kappa shape index (κ3) is 2.24. The quantitative estimate of drug-likeness (QED) is 0.792. The van der Waals surface area contributed by atoms with Crippen molar-refractivity contribution in [1.82, 2.24) is 15.3 Å². The molecule has 0 unspecified atom stereocenters. The van der Waals surface area contributed by atoms with Gasteiger partial charge in [0, 0.05) is 13.1 Å². The molecule has 1 aliphatic rings. The first kappa shape index (κ1) is 11.3. The van der Waals surface area contributed by atoms with Gasteiger partial charge in [0.05, 0.1) is 10.2 Å². The summed E-state index contributed by atoms with van der Waals surface area (Å²) in [5, 5.41) is 6.97. The molecule has 1 saturated carbocycles. The number of aromatic nitrogens is 1. The predicted octanol–water partition coefficient (Wildman–Crippen LogP) is 1.52. The van der Waals surface area contributed by atoms with Crippen LogP contribution in [0.1, 0.15) is 12.8 Å². The predicted molar refractivity (Wildman–Crippen MR) is 71.0 cm³/mol. The second kappa shape index (κ2) is 4.45. The molecule has 1 aliphatic carbocycles. The van der Waals surface area contributed by atoms with Crippen molar-refractivity contribution in [1.29, 1.82) is 0 Å². The molecule has 0 aliphatic heterocycles. The number of nitrogens with zero attached hydrogens (tertiary/aromatic N) is 2. The Balaban J connectivity index is 1.84. The summed E-state index contributed by atoms with van der Waals surface area (Å²) < 4.78 is 3.13. The maximum Gasteiger partial charge on any atom is 0.335 e. The monoisotopic (exact) mass is 262 g/mol. The van der Waals surface area contributed by atoms with Gasteiger partial charge < -0.3 is 9.88 Å². The highest BCUT2D eigenvalue weighted by molar-refractivity contribution is 7.16. The number of urea groups is 1. The van der Waals surface area contributed by atoms with E-state index in [1.165, 1.54) is 0 Å². The largest absolute Gasteiger partial charge is 0.335 e. The average Bonchev–Trinajstić information content (AvgIpc) is 3.12. The molecule has 2 aromatic rings. The number of amides is 2. The zero-order valence-electron chi connectivity index (χ0n) is 10.0. The Hall–Kier alpha value is -1.82. The zero-order valence-corrected chi connectivity index (χ0v) is 10.8. The summed E-state index contributed by atoms with van der Waals surface area (Å²) in [6.45, 7) is 0. The Morgan fingerprint density at radius 1 is 1.44 bits per heavy atom. The maximum atomic E-state index is 11.5. The van der Waals surface area contributed by atoms with E-state index in [2.05, 4.69) is 15.8 Å². The van der Waals surface area contributed by atoms with Crippen molar-refractivity contribution in [2.75, 3.05) is 0 Å². The first-order valence-electron chi connectivity index (χ1n) is 5.89. The van der Waals surface area contributed by atoms with Crippen molar-refractivity contribution in [3.63, 3.8) is 0 Å². The van der Waals surface area contributed by atoms with Gasteiger partial charge in [0.25, 0.3) is 0 Å². The lowest BCUT2D eigenvalue weighted by atomic mass is 10.3. The Bertz CT molecular complexity index is 653. The molecule has 0 radical (unpaired) electrons. The van der Waals surface area contributed by atoms with Crippen molar-refractivity contribution in [3.05, 3.63) is 29.1 Å². The molecule has 1 aromatic heterocycles. The van der Waals surface area contributed by atoms with Crippen LogP contribution in [0.15, 0.2) is 29.4 Å². The van der Waals surface area contributed by atoms with Crippen LogP contribution in [0.4, 0.5) is 4.79 Å². The second-order valence-corrected chi connectivity index (χ2v) is 5.39. The zero-order chi connectivity index (χ0) is 12.5. The van der Waals surface area contributed by atoms with Crippen LogP contribution < -0.4 is 15.5 Å². The maximum absolute atomic E-state index is 11.5. The van der Waals surface area contributed by atoms with Crippen LogP contribution >= 0.6 is 11.3 Å². The first-order chi connectivity index (χ1) is 8.74. The number of para-hydroxylation sites is 1. The van der Waals surface area contributed by atoms with Crippen molar-refractivity contribution >= 4 is 27.6 Å². The smallest absolute Gasteiger partial charge is 0.334 e. The van der Waals surface area contributed by atoms with Crippen LogP contribution in [0.5, 0.6) is 0 Å². The molecule has 6 heteroatoms. The van der Waals surface area contributed by atoms with E-state index in [4.69, 9.17) is 0 Å². The molecular weight excluding hydrogens is 248 g/mol. The van der Waals surface area contributed by atoms with E-state index in [0.29, 0.717) is 6.04 Å². The summed E-state index contributed by atoms with van der Waals surface area (Å²) >= 11 is 1.55. The second-order valence-electron chi connectivity index (χ2n) is 4.38.